The van der Waals surface area contributed by atoms with Crippen LogP contribution in [0.2, 0.25) is 5.02 Å². The summed E-state index contributed by atoms with van der Waals surface area (Å²) < 4.78 is 24.0. The van der Waals surface area contributed by atoms with Gasteiger partial charge in [0.15, 0.2) is 9.84 Å². The van der Waals surface area contributed by atoms with E-state index in [1.807, 2.05) is 30.3 Å². The van der Waals surface area contributed by atoms with E-state index >= 15 is 0 Å². The van der Waals surface area contributed by atoms with Gasteiger partial charge in [-0.2, -0.15) is 0 Å². The summed E-state index contributed by atoms with van der Waals surface area (Å²) in [5.41, 5.74) is 4.72. The van der Waals surface area contributed by atoms with Gasteiger partial charge in [-0.3, -0.25) is 4.79 Å². The summed E-state index contributed by atoms with van der Waals surface area (Å²) >= 11 is 6.74. The quantitative estimate of drug-likeness (QED) is 0.263. The van der Waals surface area contributed by atoms with Crippen molar-refractivity contribution in [2.45, 2.75) is 23.8 Å². The zero-order chi connectivity index (χ0) is 27.6. The van der Waals surface area contributed by atoms with E-state index in [1.54, 1.807) is 30.3 Å². The highest BCUT2D eigenvalue weighted by Crippen LogP contribution is 2.39. The fourth-order valence-electron chi connectivity index (χ4n) is 6.18. The first kappa shape index (κ1) is 25.3. The normalized spacial score (nSPS) is 20.8. The third-order valence-electron chi connectivity index (χ3n) is 8.31. The zero-order valence-corrected chi connectivity index (χ0v) is 23.4. The molecule has 204 valence electrons. The van der Waals surface area contributed by atoms with Crippen molar-refractivity contribution in [1.82, 2.24) is 19.9 Å². The number of rotatable bonds is 5. The molecule has 10 heteroatoms. The minimum atomic E-state index is -3.32. The van der Waals surface area contributed by atoms with Crippen molar-refractivity contribution in [3.05, 3.63) is 76.0 Å². The number of halogens is 1. The highest BCUT2D eigenvalue weighted by atomic mass is 35.5. The Kier molecular flexibility index (Phi) is 5.99. The number of nitrogens with zero attached hydrogens (tertiary/aromatic N) is 2. The van der Waals surface area contributed by atoms with Gasteiger partial charge in [-0.25, -0.2) is 13.4 Å². The molecule has 0 spiro atoms. The number of hydrogen-bond donors (Lipinski definition) is 3. The fraction of sp³-hybridized carbons (Fsp3) is 0.267. The first-order valence-corrected chi connectivity index (χ1v) is 15.7. The minimum absolute atomic E-state index is 0.198. The predicted octanol–water partition coefficient (Wildman–Crippen LogP) is 5.30. The number of H-pyrrole nitrogens is 2. The number of aromatic amines is 2. The summed E-state index contributed by atoms with van der Waals surface area (Å²) in [6, 6.07) is 18.4. The lowest BCUT2D eigenvalue weighted by Crippen LogP contribution is -2.53. The van der Waals surface area contributed by atoms with Gasteiger partial charge < -0.3 is 20.2 Å². The maximum atomic E-state index is 13.7. The Balaban J connectivity index is 1.44. The van der Waals surface area contributed by atoms with Crippen molar-refractivity contribution in [1.29, 1.82) is 0 Å². The van der Waals surface area contributed by atoms with Crippen LogP contribution in [0.3, 0.4) is 0 Å². The molecule has 3 N–H and O–H groups in total. The molecule has 0 unspecified atom stereocenters. The van der Waals surface area contributed by atoms with Crippen LogP contribution in [0.5, 0.6) is 0 Å². The van der Waals surface area contributed by atoms with E-state index in [0.29, 0.717) is 27.8 Å². The molecule has 40 heavy (non-hydrogen) atoms. The Morgan fingerprint density at radius 1 is 1.00 bits per heavy atom. The van der Waals surface area contributed by atoms with Gasteiger partial charge in [0.25, 0.3) is 5.56 Å². The SMILES string of the molecule is CS(=O)(=O)c1ccc(-c2cc3c(N[C@H]4CN5CCC4CC5)c(-c4nc5ccccc5[nH]4)c(=O)[nH]c3cc2Cl)cc1. The number of hydrogen-bond acceptors (Lipinski definition) is 6. The Labute approximate surface area is 236 Å². The smallest absolute Gasteiger partial charge is 0.261 e. The topological polar surface area (TPSA) is 111 Å². The largest absolute Gasteiger partial charge is 0.379 e. The molecule has 0 amide bonds. The number of benzene rings is 3. The number of sulfone groups is 1. The Bertz CT molecular complexity index is 1910. The van der Waals surface area contributed by atoms with Crippen LogP contribution in [-0.4, -0.2) is 60.2 Å². The number of fused-ring (bicyclic) bond motifs is 5. The summed E-state index contributed by atoms with van der Waals surface area (Å²) in [4.78, 5) is 27.5. The molecule has 3 aromatic carbocycles. The van der Waals surface area contributed by atoms with Gasteiger partial charge in [-0.15, -0.1) is 0 Å². The van der Waals surface area contributed by atoms with E-state index in [9.17, 15) is 13.2 Å². The maximum absolute atomic E-state index is 13.7. The lowest BCUT2D eigenvalue weighted by Gasteiger charge is -2.45. The van der Waals surface area contributed by atoms with E-state index < -0.39 is 9.84 Å². The molecule has 2 bridgehead atoms. The summed E-state index contributed by atoms with van der Waals surface area (Å²) in [6.07, 6.45) is 3.44. The second-order valence-corrected chi connectivity index (χ2v) is 13.3. The Hall–Kier alpha value is -3.66. The van der Waals surface area contributed by atoms with Crippen LogP contribution in [0.4, 0.5) is 5.69 Å². The average molecular weight is 574 g/mol. The zero-order valence-electron chi connectivity index (χ0n) is 21.9. The number of para-hydroxylation sites is 2. The second-order valence-electron chi connectivity index (χ2n) is 10.9. The molecule has 8 rings (SSSR count). The van der Waals surface area contributed by atoms with Crippen molar-refractivity contribution in [3.8, 4) is 22.5 Å². The van der Waals surface area contributed by atoms with Gasteiger partial charge in [-0.1, -0.05) is 35.9 Å². The molecule has 3 aliphatic rings. The van der Waals surface area contributed by atoms with E-state index in [-0.39, 0.29) is 16.5 Å². The first-order chi connectivity index (χ1) is 19.2. The van der Waals surface area contributed by atoms with E-state index in [4.69, 9.17) is 16.6 Å². The molecule has 0 aliphatic carbocycles. The van der Waals surface area contributed by atoms with E-state index in [2.05, 4.69) is 20.2 Å². The van der Waals surface area contributed by atoms with Crippen LogP contribution in [0.25, 0.3) is 44.5 Å². The number of nitrogens with one attached hydrogen (secondary N) is 3. The van der Waals surface area contributed by atoms with Crippen molar-refractivity contribution < 1.29 is 8.42 Å². The van der Waals surface area contributed by atoms with Crippen molar-refractivity contribution in [3.63, 3.8) is 0 Å². The molecule has 5 heterocycles. The Morgan fingerprint density at radius 2 is 1.75 bits per heavy atom. The monoisotopic (exact) mass is 573 g/mol. The number of pyridine rings is 1. The van der Waals surface area contributed by atoms with Crippen molar-refractivity contribution >= 4 is 49.1 Å². The third-order valence-corrected chi connectivity index (χ3v) is 9.75. The first-order valence-electron chi connectivity index (χ1n) is 13.4. The minimum Gasteiger partial charge on any atom is -0.379 e. The molecule has 2 aromatic heterocycles. The molecule has 3 aliphatic heterocycles. The van der Waals surface area contributed by atoms with Gasteiger partial charge in [0.05, 0.1) is 32.2 Å². The highest BCUT2D eigenvalue weighted by molar-refractivity contribution is 7.90. The summed E-state index contributed by atoms with van der Waals surface area (Å²) in [6.45, 7) is 3.14. The third kappa shape index (κ3) is 4.38. The number of imidazole rings is 1. The van der Waals surface area contributed by atoms with Crippen LogP contribution in [0.1, 0.15) is 12.8 Å². The molecule has 1 atom stereocenters. The molecular weight excluding hydrogens is 546 g/mol. The fourth-order valence-corrected chi connectivity index (χ4v) is 7.08. The van der Waals surface area contributed by atoms with Crippen LogP contribution < -0.4 is 10.9 Å². The number of aromatic nitrogens is 3. The molecule has 8 nitrogen and oxygen atoms in total. The molecule has 3 saturated heterocycles. The summed E-state index contributed by atoms with van der Waals surface area (Å²) in [5, 5.41) is 5.07. The molecule has 0 radical (unpaired) electrons. The van der Waals surface area contributed by atoms with Crippen LogP contribution >= 0.6 is 11.6 Å². The van der Waals surface area contributed by atoms with Crippen LogP contribution in [-0.2, 0) is 9.84 Å². The van der Waals surface area contributed by atoms with Crippen LogP contribution in [0, 0.1) is 5.92 Å². The van der Waals surface area contributed by atoms with Gasteiger partial charge in [-0.05, 0) is 73.8 Å². The lowest BCUT2D eigenvalue weighted by molar-refractivity contribution is 0.0976. The van der Waals surface area contributed by atoms with Gasteiger partial charge in [0, 0.05) is 29.8 Å². The molecule has 3 fully saturated rings. The van der Waals surface area contributed by atoms with Crippen LogP contribution in [0.15, 0.2) is 70.4 Å². The lowest BCUT2D eigenvalue weighted by atomic mass is 9.83. The van der Waals surface area contributed by atoms with Gasteiger partial charge in [0.1, 0.15) is 11.4 Å². The van der Waals surface area contributed by atoms with E-state index in [0.717, 1.165) is 65.7 Å². The highest BCUT2D eigenvalue weighted by Gasteiger charge is 2.35. The van der Waals surface area contributed by atoms with E-state index in [1.165, 1.54) is 6.26 Å². The van der Waals surface area contributed by atoms with Crippen molar-refractivity contribution in [2.24, 2.45) is 5.92 Å². The molecular formula is C30H28ClN5O3S. The molecule has 0 saturated carbocycles. The maximum Gasteiger partial charge on any atom is 0.261 e. The summed E-state index contributed by atoms with van der Waals surface area (Å²) in [5.74, 6) is 1.03. The van der Waals surface area contributed by atoms with Gasteiger partial charge in [0.2, 0.25) is 0 Å². The number of anilines is 1. The Morgan fingerprint density at radius 3 is 2.42 bits per heavy atom. The summed E-state index contributed by atoms with van der Waals surface area (Å²) in [7, 11) is -3.32. The number of piperidine rings is 3. The van der Waals surface area contributed by atoms with Crippen molar-refractivity contribution in [2.75, 3.05) is 31.2 Å². The standard InChI is InChI=1S/C30H28ClN5O3S/c1-40(38,39)19-8-6-17(7-9-19)20-14-21-25(15-22(20)31)35-30(37)27(29-33-23-4-2-3-5-24(23)34-29)28(21)32-26-16-36-12-10-18(26)11-13-36/h2-9,14-15,18,26H,10-13,16H2,1H3,(H,33,34)(H2,32,35,37)/t26-/m0/s1. The second kappa shape index (κ2) is 9.47. The predicted molar refractivity (Wildman–Crippen MR) is 160 cm³/mol. The average Bonchev–Trinajstić information content (AvgIpc) is 3.37. The molecule has 5 aromatic rings. The van der Waals surface area contributed by atoms with Gasteiger partial charge >= 0.3 is 0 Å².